The molecule has 4 heteroatoms. The Balaban J connectivity index is 1.90. The summed E-state index contributed by atoms with van der Waals surface area (Å²) in [5.41, 5.74) is 5.29. The van der Waals surface area contributed by atoms with Gasteiger partial charge >= 0.3 is 0 Å². The van der Waals surface area contributed by atoms with E-state index < -0.39 is 0 Å². The van der Waals surface area contributed by atoms with Crippen LogP contribution in [0.2, 0.25) is 0 Å². The van der Waals surface area contributed by atoms with Gasteiger partial charge in [-0.15, -0.1) is 0 Å². The van der Waals surface area contributed by atoms with Crippen molar-refractivity contribution in [3.05, 3.63) is 42.1 Å². The maximum atomic E-state index is 4.91. The lowest BCUT2D eigenvalue weighted by molar-refractivity contribution is 0.467. The molecule has 0 bridgehead atoms. The van der Waals surface area contributed by atoms with E-state index in [9.17, 15) is 0 Å². The second-order valence-corrected chi connectivity index (χ2v) is 6.27. The molecule has 0 saturated heterocycles. The van der Waals surface area contributed by atoms with Crippen LogP contribution in [0.3, 0.4) is 0 Å². The first kappa shape index (κ1) is 12.4. The van der Waals surface area contributed by atoms with Gasteiger partial charge in [0.2, 0.25) is 0 Å². The SMILES string of the molecule is CC1(C)CCNc2ccc(-c3n[nH]c4ccccc34)nc21. The minimum atomic E-state index is 0.0999. The van der Waals surface area contributed by atoms with Crippen molar-refractivity contribution in [3.8, 4) is 11.4 Å². The van der Waals surface area contributed by atoms with E-state index in [4.69, 9.17) is 4.98 Å². The Hall–Kier alpha value is -2.36. The maximum Gasteiger partial charge on any atom is 0.118 e. The molecule has 2 N–H and O–H groups in total. The number of anilines is 1. The van der Waals surface area contributed by atoms with Crippen molar-refractivity contribution in [2.24, 2.45) is 0 Å². The first-order chi connectivity index (χ1) is 10.1. The number of pyridine rings is 1. The highest BCUT2D eigenvalue weighted by molar-refractivity contribution is 5.92. The van der Waals surface area contributed by atoms with Gasteiger partial charge in [-0.05, 0) is 24.6 Å². The fraction of sp³-hybridized carbons (Fsp3) is 0.294. The molecule has 0 aliphatic carbocycles. The molecule has 0 radical (unpaired) electrons. The zero-order chi connectivity index (χ0) is 14.4. The predicted molar refractivity (Wildman–Crippen MR) is 85.5 cm³/mol. The molecule has 1 aliphatic rings. The summed E-state index contributed by atoms with van der Waals surface area (Å²) < 4.78 is 0. The number of fused-ring (bicyclic) bond motifs is 2. The minimum Gasteiger partial charge on any atom is -0.384 e. The van der Waals surface area contributed by atoms with Crippen molar-refractivity contribution in [1.82, 2.24) is 15.2 Å². The molecule has 3 heterocycles. The van der Waals surface area contributed by atoms with Crippen LogP contribution in [0.1, 0.15) is 26.0 Å². The summed E-state index contributed by atoms with van der Waals surface area (Å²) in [6.45, 7) is 5.52. The van der Waals surface area contributed by atoms with Crippen molar-refractivity contribution in [2.75, 3.05) is 11.9 Å². The van der Waals surface area contributed by atoms with E-state index in [-0.39, 0.29) is 5.41 Å². The molecule has 0 atom stereocenters. The van der Waals surface area contributed by atoms with Crippen molar-refractivity contribution in [2.45, 2.75) is 25.7 Å². The fourth-order valence-corrected chi connectivity index (χ4v) is 3.04. The summed E-state index contributed by atoms with van der Waals surface area (Å²) in [6, 6.07) is 12.3. The number of hydrogen-bond acceptors (Lipinski definition) is 3. The number of aromatic nitrogens is 3. The molecular weight excluding hydrogens is 260 g/mol. The van der Waals surface area contributed by atoms with Crippen molar-refractivity contribution in [3.63, 3.8) is 0 Å². The average molecular weight is 278 g/mol. The Morgan fingerprint density at radius 1 is 1.10 bits per heavy atom. The Labute approximate surface area is 123 Å². The number of nitrogens with one attached hydrogen (secondary N) is 2. The van der Waals surface area contributed by atoms with Gasteiger partial charge in [0.15, 0.2) is 0 Å². The molecule has 106 valence electrons. The number of rotatable bonds is 1. The van der Waals surface area contributed by atoms with Crippen LogP contribution in [0.5, 0.6) is 0 Å². The molecule has 0 spiro atoms. The second-order valence-electron chi connectivity index (χ2n) is 6.27. The van der Waals surface area contributed by atoms with Gasteiger partial charge in [0, 0.05) is 17.3 Å². The maximum absolute atomic E-state index is 4.91. The third-order valence-electron chi connectivity index (χ3n) is 4.31. The van der Waals surface area contributed by atoms with E-state index in [0.29, 0.717) is 0 Å². The Morgan fingerprint density at radius 3 is 2.86 bits per heavy atom. The van der Waals surface area contributed by atoms with Gasteiger partial charge in [0.1, 0.15) is 5.69 Å². The molecule has 0 unspecified atom stereocenters. The Morgan fingerprint density at radius 2 is 1.95 bits per heavy atom. The van der Waals surface area contributed by atoms with E-state index in [0.717, 1.165) is 46.6 Å². The standard InChI is InChI=1S/C17H18N4/c1-17(2)9-10-18-14-8-7-13(19-16(14)17)15-11-5-3-4-6-12(11)20-21-15/h3-8,18H,9-10H2,1-2H3,(H,20,21). The summed E-state index contributed by atoms with van der Waals surface area (Å²) >= 11 is 0. The number of para-hydroxylation sites is 1. The van der Waals surface area contributed by atoms with Gasteiger partial charge in [0.25, 0.3) is 0 Å². The molecule has 3 aromatic rings. The van der Waals surface area contributed by atoms with Gasteiger partial charge in [-0.1, -0.05) is 32.0 Å². The molecular formula is C17H18N4. The highest BCUT2D eigenvalue weighted by Gasteiger charge is 2.29. The normalized spacial score (nSPS) is 16.5. The lowest BCUT2D eigenvalue weighted by Crippen LogP contribution is -2.29. The molecule has 2 aromatic heterocycles. The van der Waals surface area contributed by atoms with Crippen molar-refractivity contribution < 1.29 is 0 Å². The van der Waals surface area contributed by atoms with Gasteiger partial charge < -0.3 is 5.32 Å². The molecule has 4 rings (SSSR count). The van der Waals surface area contributed by atoms with Gasteiger partial charge in [-0.3, -0.25) is 5.10 Å². The Kier molecular flexibility index (Phi) is 2.55. The van der Waals surface area contributed by atoms with Crippen LogP contribution < -0.4 is 5.32 Å². The van der Waals surface area contributed by atoms with Crippen molar-refractivity contribution >= 4 is 16.6 Å². The number of aromatic amines is 1. The molecule has 1 aliphatic heterocycles. The van der Waals surface area contributed by atoms with E-state index in [1.54, 1.807) is 0 Å². The van der Waals surface area contributed by atoms with E-state index in [1.807, 2.05) is 18.2 Å². The third kappa shape index (κ3) is 1.90. The molecule has 1 aromatic carbocycles. The number of hydrogen-bond donors (Lipinski definition) is 2. The zero-order valence-corrected chi connectivity index (χ0v) is 12.3. The first-order valence-electron chi connectivity index (χ1n) is 7.34. The van der Waals surface area contributed by atoms with Crippen LogP contribution in [0.4, 0.5) is 5.69 Å². The summed E-state index contributed by atoms with van der Waals surface area (Å²) in [5.74, 6) is 0. The van der Waals surface area contributed by atoms with Crippen LogP contribution >= 0.6 is 0 Å². The summed E-state index contributed by atoms with van der Waals surface area (Å²) in [6.07, 6.45) is 1.10. The largest absolute Gasteiger partial charge is 0.384 e. The second kappa shape index (κ2) is 4.32. The number of nitrogens with zero attached hydrogens (tertiary/aromatic N) is 2. The fourth-order valence-electron chi connectivity index (χ4n) is 3.04. The van der Waals surface area contributed by atoms with Gasteiger partial charge in [-0.2, -0.15) is 5.10 Å². The highest BCUT2D eigenvalue weighted by Crippen LogP contribution is 2.37. The zero-order valence-electron chi connectivity index (χ0n) is 12.3. The number of benzene rings is 1. The molecule has 4 nitrogen and oxygen atoms in total. The van der Waals surface area contributed by atoms with Gasteiger partial charge in [0.05, 0.1) is 22.6 Å². The van der Waals surface area contributed by atoms with E-state index in [2.05, 4.69) is 47.6 Å². The number of H-pyrrole nitrogens is 1. The predicted octanol–water partition coefficient (Wildman–Crippen LogP) is 3.72. The van der Waals surface area contributed by atoms with Gasteiger partial charge in [-0.25, -0.2) is 4.98 Å². The Bertz CT molecular complexity index is 817. The average Bonchev–Trinajstić information content (AvgIpc) is 2.91. The topological polar surface area (TPSA) is 53.6 Å². The summed E-state index contributed by atoms with van der Waals surface area (Å²) in [5, 5.41) is 12.1. The minimum absolute atomic E-state index is 0.0999. The molecule has 0 fully saturated rings. The summed E-state index contributed by atoms with van der Waals surface area (Å²) in [4.78, 5) is 4.91. The van der Waals surface area contributed by atoms with E-state index >= 15 is 0 Å². The first-order valence-corrected chi connectivity index (χ1v) is 7.34. The smallest absolute Gasteiger partial charge is 0.118 e. The van der Waals surface area contributed by atoms with Crippen LogP contribution in [-0.2, 0) is 5.41 Å². The van der Waals surface area contributed by atoms with Crippen LogP contribution in [-0.4, -0.2) is 21.7 Å². The lowest BCUT2D eigenvalue weighted by atomic mass is 9.82. The third-order valence-corrected chi connectivity index (χ3v) is 4.31. The van der Waals surface area contributed by atoms with Crippen molar-refractivity contribution in [1.29, 1.82) is 0 Å². The van der Waals surface area contributed by atoms with Crippen LogP contribution in [0.25, 0.3) is 22.3 Å². The van der Waals surface area contributed by atoms with Crippen LogP contribution in [0.15, 0.2) is 36.4 Å². The van der Waals surface area contributed by atoms with E-state index in [1.165, 1.54) is 0 Å². The molecule has 21 heavy (non-hydrogen) atoms. The quantitative estimate of drug-likeness (QED) is 0.713. The lowest BCUT2D eigenvalue weighted by Gasteiger charge is -2.32. The summed E-state index contributed by atoms with van der Waals surface area (Å²) in [7, 11) is 0. The van der Waals surface area contributed by atoms with Crippen LogP contribution in [0, 0.1) is 0 Å². The highest BCUT2D eigenvalue weighted by atomic mass is 15.1. The monoisotopic (exact) mass is 278 g/mol. The molecule has 0 saturated carbocycles. The molecule has 0 amide bonds.